The number of nitrogens with one attached hydrogen (secondary N) is 1. The molecular weight excluding hydrogens is 328 g/mol. The molecule has 1 heterocycles. The molecule has 0 aliphatic rings. The Hall–Kier alpha value is -2.61. The molecule has 0 aliphatic carbocycles. The fraction of sp³-hybridized carbons (Fsp3) is 0.312. The van der Waals surface area contributed by atoms with Gasteiger partial charge in [0.25, 0.3) is 0 Å². The van der Waals surface area contributed by atoms with Crippen LogP contribution in [0.15, 0.2) is 28.7 Å². The van der Waals surface area contributed by atoms with E-state index in [1.54, 1.807) is 24.8 Å². The summed E-state index contributed by atoms with van der Waals surface area (Å²) in [7, 11) is 1.58. The molecule has 7 nitrogen and oxygen atoms in total. The Morgan fingerprint density at radius 3 is 2.96 bits per heavy atom. The van der Waals surface area contributed by atoms with Gasteiger partial charge in [0.1, 0.15) is 0 Å². The Balaban J connectivity index is 1.92. The molecule has 0 atom stereocenters. The number of carbonyl (C=O) groups is 1. The zero-order chi connectivity index (χ0) is 17.4. The predicted octanol–water partition coefficient (Wildman–Crippen LogP) is 2.22. The van der Waals surface area contributed by atoms with E-state index in [0.717, 1.165) is 12.0 Å². The van der Waals surface area contributed by atoms with E-state index in [1.165, 1.54) is 11.3 Å². The number of hydrogen-bond donors (Lipinski definition) is 2. The molecule has 24 heavy (non-hydrogen) atoms. The Bertz CT molecular complexity index is 715. The largest absolute Gasteiger partial charge is 0.493 e. The van der Waals surface area contributed by atoms with Crippen LogP contribution in [0.5, 0.6) is 11.5 Å². The highest BCUT2D eigenvalue weighted by Gasteiger charge is 2.06. The molecule has 0 saturated heterocycles. The van der Waals surface area contributed by atoms with Crippen LogP contribution in [-0.2, 0) is 11.2 Å². The van der Waals surface area contributed by atoms with Crippen molar-refractivity contribution in [3.05, 3.63) is 34.8 Å². The minimum absolute atomic E-state index is 0.137. The summed E-state index contributed by atoms with van der Waals surface area (Å²) in [5.41, 5.74) is 9.40. The third-order valence-corrected chi connectivity index (χ3v) is 3.69. The molecule has 0 fully saturated rings. The molecule has 0 unspecified atom stereocenters. The Morgan fingerprint density at radius 2 is 2.29 bits per heavy atom. The van der Waals surface area contributed by atoms with Gasteiger partial charge < -0.3 is 15.2 Å². The maximum absolute atomic E-state index is 11.8. The van der Waals surface area contributed by atoms with Gasteiger partial charge >= 0.3 is 0 Å². The monoisotopic (exact) mass is 348 g/mol. The first kappa shape index (κ1) is 17.7. The second-order valence-electron chi connectivity index (χ2n) is 4.91. The SMILES string of the molecule is CCCOc1ccc(/C=N/NC(=O)Cc2csc(N)n2)cc1OC. The van der Waals surface area contributed by atoms with Gasteiger partial charge in [0.05, 0.1) is 32.0 Å². The molecule has 0 radical (unpaired) electrons. The van der Waals surface area contributed by atoms with Crippen LogP contribution in [0.1, 0.15) is 24.6 Å². The van der Waals surface area contributed by atoms with Crippen LogP contribution in [0.3, 0.4) is 0 Å². The Kier molecular flexibility index (Phi) is 6.56. The maximum Gasteiger partial charge on any atom is 0.246 e. The molecule has 1 aromatic heterocycles. The Morgan fingerprint density at radius 1 is 1.46 bits per heavy atom. The average molecular weight is 348 g/mol. The Labute approximate surface area is 144 Å². The number of hydrogen-bond acceptors (Lipinski definition) is 7. The number of anilines is 1. The van der Waals surface area contributed by atoms with E-state index in [4.69, 9.17) is 15.2 Å². The number of nitrogens with two attached hydrogens (primary N) is 1. The first-order chi connectivity index (χ1) is 11.6. The summed E-state index contributed by atoms with van der Waals surface area (Å²) < 4.78 is 10.9. The number of benzene rings is 1. The van der Waals surface area contributed by atoms with Crippen molar-refractivity contribution in [1.82, 2.24) is 10.4 Å². The van der Waals surface area contributed by atoms with Gasteiger partial charge in [0.15, 0.2) is 16.6 Å². The quantitative estimate of drug-likeness (QED) is 0.563. The summed E-state index contributed by atoms with van der Waals surface area (Å²) in [4.78, 5) is 15.8. The van der Waals surface area contributed by atoms with Crippen LogP contribution < -0.4 is 20.6 Å². The van der Waals surface area contributed by atoms with Gasteiger partial charge in [-0.25, -0.2) is 10.4 Å². The molecule has 0 aliphatic heterocycles. The van der Waals surface area contributed by atoms with Crippen molar-refractivity contribution in [3.63, 3.8) is 0 Å². The van der Waals surface area contributed by atoms with Crippen molar-refractivity contribution < 1.29 is 14.3 Å². The van der Waals surface area contributed by atoms with Crippen molar-refractivity contribution in [3.8, 4) is 11.5 Å². The lowest BCUT2D eigenvalue weighted by Gasteiger charge is -2.10. The van der Waals surface area contributed by atoms with Crippen molar-refractivity contribution in [1.29, 1.82) is 0 Å². The maximum atomic E-state index is 11.8. The topological polar surface area (TPSA) is 98.8 Å². The minimum atomic E-state index is -0.258. The third-order valence-electron chi connectivity index (χ3n) is 2.96. The van der Waals surface area contributed by atoms with Gasteiger partial charge in [-0.15, -0.1) is 11.3 Å². The van der Waals surface area contributed by atoms with Crippen molar-refractivity contribution in [2.24, 2.45) is 5.10 Å². The molecule has 1 aromatic carbocycles. The van der Waals surface area contributed by atoms with Gasteiger partial charge in [-0.1, -0.05) is 6.92 Å². The van der Waals surface area contributed by atoms with Crippen LogP contribution >= 0.6 is 11.3 Å². The van der Waals surface area contributed by atoms with Gasteiger partial charge in [0, 0.05) is 5.38 Å². The number of aromatic nitrogens is 1. The number of rotatable bonds is 8. The van der Waals surface area contributed by atoms with Crippen molar-refractivity contribution >= 4 is 28.6 Å². The summed E-state index contributed by atoms with van der Waals surface area (Å²) in [5.74, 6) is 1.05. The minimum Gasteiger partial charge on any atom is -0.493 e. The van der Waals surface area contributed by atoms with E-state index in [2.05, 4.69) is 15.5 Å². The lowest BCUT2D eigenvalue weighted by molar-refractivity contribution is -0.120. The fourth-order valence-corrected chi connectivity index (χ4v) is 2.45. The molecule has 0 saturated carbocycles. The van der Waals surface area contributed by atoms with Crippen LogP contribution in [-0.4, -0.2) is 30.8 Å². The first-order valence-corrected chi connectivity index (χ1v) is 8.33. The van der Waals surface area contributed by atoms with E-state index in [0.29, 0.717) is 28.9 Å². The van der Waals surface area contributed by atoms with Crippen LogP contribution in [0.4, 0.5) is 5.13 Å². The molecule has 3 N–H and O–H groups in total. The summed E-state index contributed by atoms with van der Waals surface area (Å²) in [5, 5.41) is 6.13. The van der Waals surface area contributed by atoms with Crippen LogP contribution in [0.25, 0.3) is 0 Å². The van der Waals surface area contributed by atoms with Gasteiger partial charge in [-0.3, -0.25) is 4.79 Å². The fourth-order valence-electron chi connectivity index (χ4n) is 1.88. The van der Waals surface area contributed by atoms with E-state index >= 15 is 0 Å². The van der Waals surface area contributed by atoms with Gasteiger partial charge in [-0.05, 0) is 30.2 Å². The van der Waals surface area contributed by atoms with E-state index in [9.17, 15) is 4.79 Å². The van der Waals surface area contributed by atoms with Crippen LogP contribution in [0, 0.1) is 0 Å². The summed E-state index contributed by atoms with van der Waals surface area (Å²) in [6.45, 7) is 2.66. The van der Waals surface area contributed by atoms with E-state index < -0.39 is 0 Å². The molecule has 2 rings (SSSR count). The molecule has 1 amide bonds. The van der Waals surface area contributed by atoms with E-state index in [-0.39, 0.29) is 12.3 Å². The molecule has 128 valence electrons. The zero-order valence-corrected chi connectivity index (χ0v) is 14.4. The summed E-state index contributed by atoms with van der Waals surface area (Å²) in [6, 6.07) is 5.45. The highest BCUT2D eigenvalue weighted by atomic mass is 32.1. The van der Waals surface area contributed by atoms with Gasteiger partial charge in [-0.2, -0.15) is 5.10 Å². The number of ether oxygens (including phenoxy) is 2. The standard InChI is InChI=1S/C16H20N4O3S/c1-3-6-23-13-5-4-11(7-14(13)22-2)9-18-20-15(21)8-12-10-24-16(17)19-12/h4-5,7,9-10H,3,6,8H2,1-2H3,(H2,17,19)(H,20,21)/b18-9+. The molecule has 0 spiro atoms. The highest BCUT2D eigenvalue weighted by molar-refractivity contribution is 7.13. The van der Waals surface area contributed by atoms with Crippen molar-refractivity contribution in [2.45, 2.75) is 19.8 Å². The molecule has 8 heteroatoms. The smallest absolute Gasteiger partial charge is 0.246 e. The number of amides is 1. The molecule has 2 aromatic rings. The second kappa shape index (κ2) is 8.88. The summed E-state index contributed by atoms with van der Waals surface area (Å²) >= 11 is 1.30. The number of nitrogens with zero attached hydrogens (tertiary/aromatic N) is 2. The average Bonchev–Trinajstić information content (AvgIpc) is 2.98. The zero-order valence-electron chi connectivity index (χ0n) is 13.6. The van der Waals surface area contributed by atoms with E-state index in [1.807, 2.05) is 19.1 Å². The lowest BCUT2D eigenvalue weighted by atomic mass is 10.2. The second-order valence-corrected chi connectivity index (χ2v) is 5.80. The number of hydrazone groups is 1. The summed E-state index contributed by atoms with van der Waals surface area (Å²) in [6.07, 6.45) is 2.60. The molecular formula is C16H20N4O3S. The number of carbonyl (C=O) groups excluding carboxylic acids is 1. The predicted molar refractivity (Wildman–Crippen MR) is 94.7 cm³/mol. The normalized spacial score (nSPS) is 10.8. The van der Waals surface area contributed by atoms with Crippen LogP contribution in [0.2, 0.25) is 0 Å². The number of thiazole rings is 1. The molecule has 0 bridgehead atoms. The third kappa shape index (κ3) is 5.24. The highest BCUT2D eigenvalue weighted by Crippen LogP contribution is 2.27. The van der Waals surface area contributed by atoms with Crippen molar-refractivity contribution in [2.75, 3.05) is 19.5 Å². The van der Waals surface area contributed by atoms with Gasteiger partial charge in [0.2, 0.25) is 5.91 Å². The first-order valence-electron chi connectivity index (χ1n) is 7.45. The number of nitrogen functional groups attached to an aromatic ring is 1. The number of methoxy groups -OCH3 is 1. The lowest BCUT2D eigenvalue weighted by Crippen LogP contribution is -2.19.